The van der Waals surface area contributed by atoms with Crippen LogP contribution in [0.2, 0.25) is 0 Å². The molecule has 0 amide bonds. The quantitative estimate of drug-likeness (QED) is 0.441. The van der Waals surface area contributed by atoms with Crippen LogP contribution < -0.4 is 0 Å². The number of carbonyl (C=O) groups excluding carboxylic acids is 2. The highest BCUT2D eigenvalue weighted by atomic mass is 16.6. The summed E-state index contributed by atoms with van der Waals surface area (Å²) in [5.74, 6) is -1.25. The number of esters is 2. The molecule has 0 saturated carbocycles. The zero-order valence-electron chi connectivity index (χ0n) is 13.2. The van der Waals surface area contributed by atoms with Crippen LogP contribution in [0, 0.1) is 0 Å². The minimum Gasteiger partial charge on any atom is -0.460 e. The third kappa shape index (κ3) is 4.32. The first-order valence-corrected chi connectivity index (χ1v) is 7.19. The van der Waals surface area contributed by atoms with Gasteiger partial charge in [0.2, 0.25) is 0 Å². The van der Waals surface area contributed by atoms with Crippen molar-refractivity contribution in [2.24, 2.45) is 0 Å². The Hall–Kier alpha value is -2.36. The van der Waals surface area contributed by atoms with E-state index in [9.17, 15) is 9.59 Å². The van der Waals surface area contributed by atoms with Gasteiger partial charge in [-0.05, 0) is 26.3 Å². The lowest BCUT2D eigenvalue weighted by atomic mass is 9.82. The fourth-order valence-corrected chi connectivity index (χ4v) is 1.82. The second-order valence-corrected chi connectivity index (χ2v) is 4.83. The summed E-state index contributed by atoms with van der Waals surface area (Å²) < 4.78 is 10.4. The highest BCUT2D eigenvalue weighted by molar-refractivity contribution is 6.05. The summed E-state index contributed by atoms with van der Waals surface area (Å²) in [5, 5.41) is 0. The Kier molecular flexibility index (Phi) is 7.09. The average Bonchev–Trinajstić information content (AvgIpc) is 2.55. The van der Waals surface area contributed by atoms with Crippen molar-refractivity contribution < 1.29 is 19.1 Å². The van der Waals surface area contributed by atoms with Crippen LogP contribution in [0.3, 0.4) is 0 Å². The lowest BCUT2D eigenvalue weighted by Crippen LogP contribution is -2.43. The number of hydrogen-bond acceptors (Lipinski definition) is 4. The summed E-state index contributed by atoms with van der Waals surface area (Å²) in [6.45, 7) is 5.43. The number of allylic oxidation sites excluding steroid dienone is 2. The standard InChI is InChI=1S/C18H22O4/c1-4-6-13-21-16(19)18(3,15-11-9-8-10-12-15)17(20)22-14-7-5-2/h4-12H,13-14H2,1-3H3/b6-4+,7-5+. The van der Waals surface area contributed by atoms with E-state index in [0.29, 0.717) is 5.56 Å². The maximum Gasteiger partial charge on any atom is 0.328 e. The van der Waals surface area contributed by atoms with Crippen molar-refractivity contribution in [1.29, 1.82) is 0 Å². The Morgan fingerprint density at radius 1 is 0.955 bits per heavy atom. The van der Waals surface area contributed by atoms with Gasteiger partial charge in [-0.1, -0.05) is 54.6 Å². The van der Waals surface area contributed by atoms with Gasteiger partial charge in [-0.2, -0.15) is 0 Å². The first-order valence-electron chi connectivity index (χ1n) is 7.19. The van der Waals surface area contributed by atoms with Crippen LogP contribution in [0.25, 0.3) is 0 Å². The van der Waals surface area contributed by atoms with Crippen molar-refractivity contribution in [3.05, 3.63) is 60.2 Å². The van der Waals surface area contributed by atoms with Crippen LogP contribution in [0.4, 0.5) is 0 Å². The summed E-state index contributed by atoms with van der Waals surface area (Å²) in [6, 6.07) is 8.79. The molecule has 0 bridgehead atoms. The van der Waals surface area contributed by atoms with E-state index < -0.39 is 17.4 Å². The van der Waals surface area contributed by atoms with Crippen LogP contribution in [0.5, 0.6) is 0 Å². The molecule has 0 aliphatic carbocycles. The molecule has 0 radical (unpaired) electrons. The lowest BCUT2D eigenvalue weighted by molar-refractivity contribution is -0.163. The SMILES string of the molecule is C/C=C/COC(=O)C(C)(C(=O)OC/C=C/C)c1ccccc1. The smallest absolute Gasteiger partial charge is 0.328 e. The molecule has 0 spiro atoms. The van der Waals surface area contributed by atoms with Gasteiger partial charge in [0.05, 0.1) is 0 Å². The zero-order valence-corrected chi connectivity index (χ0v) is 13.2. The molecule has 0 saturated heterocycles. The normalized spacial score (nSPS) is 11.8. The van der Waals surface area contributed by atoms with Crippen molar-refractivity contribution in [2.75, 3.05) is 13.2 Å². The third-order valence-electron chi connectivity index (χ3n) is 3.26. The molecule has 0 N–H and O–H groups in total. The number of benzene rings is 1. The van der Waals surface area contributed by atoms with Gasteiger partial charge < -0.3 is 9.47 Å². The van der Waals surface area contributed by atoms with Crippen molar-refractivity contribution in [3.63, 3.8) is 0 Å². The summed E-state index contributed by atoms with van der Waals surface area (Å²) in [4.78, 5) is 24.9. The second kappa shape index (κ2) is 8.82. The van der Waals surface area contributed by atoms with E-state index >= 15 is 0 Å². The molecule has 22 heavy (non-hydrogen) atoms. The molecule has 0 aliphatic heterocycles. The van der Waals surface area contributed by atoms with Crippen LogP contribution >= 0.6 is 0 Å². The maximum absolute atomic E-state index is 12.4. The minimum atomic E-state index is -1.48. The van der Waals surface area contributed by atoms with Crippen LogP contribution in [0.15, 0.2) is 54.6 Å². The molecular weight excluding hydrogens is 280 g/mol. The van der Waals surface area contributed by atoms with Crippen molar-refractivity contribution in [2.45, 2.75) is 26.2 Å². The van der Waals surface area contributed by atoms with Gasteiger partial charge >= 0.3 is 11.9 Å². The molecule has 4 heteroatoms. The zero-order chi connectivity index (χ0) is 16.4. The predicted octanol–water partition coefficient (Wildman–Crippen LogP) is 3.18. The van der Waals surface area contributed by atoms with E-state index in [2.05, 4.69) is 0 Å². The molecule has 1 rings (SSSR count). The van der Waals surface area contributed by atoms with E-state index in [1.54, 1.807) is 48.6 Å². The number of carbonyl (C=O) groups is 2. The fourth-order valence-electron chi connectivity index (χ4n) is 1.82. The van der Waals surface area contributed by atoms with E-state index in [1.807, 2.05) is 19.9 Å². The summed E-state index contributed by atoms with van der Waals surface area (Å²) in [5.41, 5.74) is -0.935. The van der Waals surface area contributed by atoms with Crippen molar-refractivity contribution >= 4 is 11.9 Å². The lowest BCUT2D eigenvalue weighted by Gasteiger charge is -2.25. The molecule has 0 aliphatic rings. The number of hydrogen-bond donors (Lipinski definition) is 0. The van der Waals surface area contributed by atoms with E-state index in [1.165, 1.54) is 6.92 Å². The molecule has 1 aromatic carbocycles. The molecule has 0 atom stereocenters. The van der Waals surface area contributed by atoms with Gasteiger partial charge in [0.15, 0.2) is 5.41 Å². The topological polar surface area (TPSA) is 52.6 Å². The number of ether oxygens (including phenoxy) is 2. The molecule has 0 heterocycles. The molecule has 0 aromatic heterocycles. The average molecular weight is 302 g/mol. The molecule has 0 unspecified atom stereocenters. The highest BCUT2D eigenvalue weighted by Crippen LogP contribution is 2.27. The van der Waals surface area contributed by atoms with Gasteiger partial charge in [-0.25, -0.2) is 0 Å². The maximum atomic E-state index is 12.4. The van der Waals surface area contributed by atoms with E-state index in [0.717, 1.165) is 0 Å². The Bertz CT molecular complexity index is 515. The van der Waals surface area contributed by atoms with Gasteiger partial charge in [0.1, 0.15) is 13.2 Å². The Balaban J connectivity index is 3.04. The Morgan fingerprint density at radius 2 is 1.41 bits per heavy atom. The summed E-state index contributed by atoms with van der Waals surface area (Å²) in [6.07, 6.45) is 6.96. The predicted molar refractivity (Wildman–Crippen MR) is 85.3 cm³/mol. The third-order valence-corrected chi connectivity index (χ3v) is 3.26. The molecule has 4 nitrogen and oxygen atoms in total. The van der Waals surface area contributed by atoms with E-state index in [-0.39, 0.29) is 13.2 Å². The fraction of sp³-hybridized carbons (Fsp3) is 0.333. The van der Waals surface area contributed by atoms with Gasteiger partial charge in [-0.15, -0.1) is 0 Å². The monoisotopic (exact) mass is 302 g/mol. The minimum absolute atomic E-state index is 0.125. The van der Waals surface area contributed by atoms with E-state index in [4.69, 9.17) is 9.47 Å². The van der Waals surface area contributed by atoms with Crippen LogP contribution in [-0.4, -0.2) is 25.2 Å². The van der Waals surface area contributed by atoms with Crippen molar-refractivity contribution in [3.8, 4) is 0 Å². The molecule has 0 fully saturated rings. The highest BCUT2D eigenvalue weighted by Gasteiger charge is 2.46. The molecule has 1 aromatic rings. The second-order valence-electron chi connectivity index (χ2n) is 4.83. The van der Waals surface area contributed by atoms with Crippen molar-refractivity contribution in [1.82, 2.24) is 0 Å². The first kappa shape index (κ1) is 17.7. The summed E-state index contributed by atoms with van der Waals surface area (Å²) >= 11 is 0. The van der Waals surface area contributed by atoms with Gasteiger partial charge in [-0.3, -0.25) is 9.59 Å². The van der Waals surface area contributed by atoms with Crippen LogP contribution in [0.1, 0.15) is 26.3 Å². The van der Waals surface area contributed by atoms with Crippen LogP contribution in [-0.2, 0) is 24.5 Å². The van der Waals surface area contributed by atoms with Gasteiger partial charge in [0, 0.05) is 0 Å². The first-order chi connectivity index (χ1) is 10.6. The Morgan fingerprint density at radius 3 is 1.82 bits per heavy atom. The molecule has 118 valence electrons. The largest absolute Gasteiger partial charge is 0.460 e. The number of rotatable bonds is 7. The Labute approximate surface area is 131 Å². The summed E-state index contributed by atoms with van der Waals surface area (Å²) in [7, 11) is 0. The molecular formula is C18H22O4. The van der Waals surface area contributed by atoms with Gasteiger partial charge in [0.25, 0.3) is 0 Å².